The van der Waals surface area contributed by atoms with Crippen molar-refractivity contribution in [2.75, 3.05) is 18.5 Å². The van der Waals surface area contributed by atoms with Gasteiger partial charge in [-0.05, 0) is 61.7 Å². The van der Waals surface area contributed by atoms with Gasteiger partial charge in [0.1, 0.15) is 5.75 Å². The summed E-state index contributed by atoms with van der Waals surface area (Å²) < 4.78 is 5.48. The van der Waals surface area contributed by atoms with Crippen molar-refractivity contribution in [2.45, 2.75) is 25.8 Å². The van der Waals surface area contributed by atoms with E-state index < -0.39 is 0 Å². The summed E-state index contributed by atoms with van der Waals surface area (Å²) in [6, 6.07) is 15.2. The Balaban J connectivity index is 1.70. The summed E-state index contributed by atoms with van der Waals surface area (Å²) in [6.45, 7) is 3.38. The number of benzene rings is 2. The summed E-state index contributed by atoms with van der Waals surface area (Å²) in [5.41, 5.74) is 1.89. The van der Waals surface area contributed by atoms with E-state index in [1.54, 1.807) is 12.1 Å². The number of carbonyl (C=O) groups is 1. The van der Waals surface area contributed by atoms with Gasteiger partial charge in [0, 0.05) is 17.3 Å². The summed E-state index contributed by atoms with van der Waals surface area (Å²) in [4.78, 5) is 14.5. The Bertz CT molecular complexity index is 686. The van der Waals surface area contributed by atoms with E-state index in [0.29, 0.717) is 11.6 Å². The third kappa shape index (κ3) is 3.82. The van der Waals surface area contributed by atoms with Crippen LogP contribution >= 0.6 is 11.6 Å². The molecule has 1 N–H and O–H groups in total. The SMILES string of the molecule is CCOc1ccc(C2CCCN2C(=O)Nc2ccc(Cl)cc2)cc1. The van der Waals surface area contributed by atoms with Gasteiger partial charge < -0.3 is 15.0 Å². The number of carbonyl (C=O) groups excluding carboxylic acids is 1. The maximum absolute atomic E-state index is 12.6. The highest BCUT2D eigenvalue weighted by Gasteiger charge is 2.30. The number of anilines is 1. The van der Waals surface area contributed by atoms with Crippen molar-refractivity contribution in [3.05, 3.63) is 59.1 Å². The second-order valence-electron chi connectivity index (χ2n) is 5.79. The molecule has 0 bridgehead atoms. The second-order valence-corrected chi connectivity index (χ2v) is 6.23. The van der Waals surface area contributed by atoms with Crippen LogP contribution in [0.15, 0.2) is 48.5 Å². The van der Waals surface area contributed by atoms with Crippen LogP contribution in [0.2, 0.25) is 5.02 Å². The first kappa shape index (κ1) is 16.7. The average Bonchev–Trinajstić information content (AvgIpc) is 3.08. The number of halogens is 1. The highest BCUT2D eigenvalue weighted by Crippen LogP contribution is 2.33. The van der Waals surface area contributed by atoms with E-state index in [1.165, 1.54) is 0 Å². The van der Waals surface area contributed by atoms with E-state index in [0.717, 1.165) is 36.4 Å². The molecule has 4 nitrogen and oxygen atoms in total. The number of rotatable bonds is 4. The van der Waals surface area contributed by atoms with Gasteiger partial charge in [-0.1, -0.05) is 23.7 Å². The molecule has 1 saturated heterocycles. The van der Waals surface area contributed by atoms with E-state index in [9.17, 15) is 4.79 Å². The van der Waals surface area contributed by atoms with Gasteiger partial charge in [-0.3, -0.25) is 0 Å². The van der Waals surface area contributed by atoms with Crippen LogP contribution in [0.4, 0.5) is 10.5 Å². The first-order valence-electron chi connectivity index (χ1n) is 8.23. The molecule has 1 aliphatic heterocycles. The van der Waals surface area contributed by atoms with E-state index in [-0.39, 0.29) is 12.1 Å². The minimum absolute atomic E-state index is 0.0753. The largest absolute Gasteiger partial charge is 0.494 e. The lowest BCUT2D eigenvalue weighted by Crippen LogP contribution is -2.34. The predicted octanol–water partition coefficient (Wildman–Crippen LogP) is 5.11. The minimum Gasteiger partial charge on any atom is -0.494 e. The van der Waals surface area contributed by atoms with Crippen molar-refractivity contribution in [3.63, 3.8) is 0 Å². The van der Waals surface area contributed by atoms with Crippen molar-refractivity contribution in [2.24, 2.45) is 0 Å². The zero-order valence-electron chi connectivity index (χ0n) is 13.7. The highest BCUT2D eigenvalue weighted by molar-refractivity contribution is 6.30. The molecule has 1 atom stereocenters. The molecule has 1 fully saturated rings. The lowest BCUT2D eigenvalue weighted by molar-refractivity contribution is 0.207. The molecular formula is C19H21ClN2O2. The van der Waals surface area contributed by atoms with Crippen molar-refractivity contribution in [3.8, 4) is 5.75 Å². The van der Waals surface area contributed by atoms with E-state index in [4.69, 9.17) is 16.3 Å². The second kappa shape index (κ2) is 7.58. The number of likely N-dealkylation sites (tertiary alicyclic amines) is 1. The number of ether oxygens (including phenoxy) is 1. The number of nitrogens with one attached hydrogen (secondary N) is 1. The molecule has 1 aliphatic rings. The van der Waals surface area contributed by atoms with Gasteiger partial charge in [0.25, 0.3) is 0 Å². The van der Waals surface area contributed by atoms with E-state index in [2.05, 4.69) is 5.32 Å². The quantitative estimate of drug-likeness (QED) is 0.837. The molecular weight excluding hydrogens is 324 g/mol. The molecule has 2 amide bonds. The van der Waals surface area contributed by atoms with E-state index >= 15 is 0 Å². The van der Waals surface area contributed by atoms with Gasteiger partial charge >= 0.3 is 6.03 Å². The lowest BCUT2D eigenvalue weighted by atomic mass is 10.0. The molecule has 0 radical (unpaired) electrons. The van der Waals surface area contributed by atoms with Crippen LogP contribution < -0.4 is 10.1 Å². The van der Waals surface area contributed by atoms with Crippen molar-refractivity contribution in [1.29, 1.82) is 0 Å². The third-order valence-corrected chi connectivity index (χ3v) is 4.44. The molecule has 1 unspecified atom stereocenters. The van der Waals surface area contributed by atoms with Gasteiger partial charge in [0.15, 0.2) is 0 Å². The highest BCUT2D eigenvalue weighted by atomic mass is 35.5. The standard InChI is InChI=1S/C19H21ClN2O2/c1-2-24-17-11-5-14(6-12-17)18-4-3-13-22(18)19(23)21-16-9-7-15(20)8-10-16/h5-12,18H,2-4,13H2,1H3,(H,21,23). The van der Waals surface area contributed by atoms with Gasteiger partial charge in [-0.25, -0.2) is 4.79 Å². The normalized spacial score (nSPS) is 16.9. The zero-order valence-corrected chi connectivity index (χ0v) is 14.4. The summed E-state index contributed by atoms with van der Waals surface area (Å²) >= 11 is 5.88. The van der Waals surface area contributed by atoms with Gasteiger partial charge in [0.05, 0.1) is 12.6 Å². The van der Waals surface area contributed by atoms with Gasteiger partial charge in [0.2, 0.25) is 0 Å². The van der Waals surface area contributed by atoms with Crippen LogP contribution in [-0.2, 0) is 0 Å². The molecule has 2 aromatic rings. The zero-order chi connectivity index (χ0) is 16.9. The van der Waals surface area contributed by atoms with Crippen LogP contribution in [0, 0.1) is 0 Å². The topological polar surface area (TPSA) is 41.6 Å². The predicted molar refractivity (Wildman–Crippen MR) is 96.8 cm³/mol. The monoisotopic (exact) mass is 344 g/mol. The Labute approximate surface area is 147 Å². The van der Waals surface area contributed by atoms with Crippen LogP contribution in [0.3, 0.4) is 0 Å². The summed E-state index contributed by atoms with van der Waals surface area (Å²) in [7, 11) is 0. The number of nitrogens with zero attached hydrogens (tertiary/aromatic N) is 1. The van der Waals surface area contributed by atoms with Gasteiger partial charge in [-0.15, -0.1) is 0 Å². The number of hydrogen-bond acceptors (Lipinski definition) is 2. The summed E-state index contributed by atoms with van der Waals surface area (Å²) in [5.74, 6) is 0.858. The molecule has 0 aliphatic carbocycles. The Morgan fingerprint density at radius 3 is 2.58 bits per heavy atom. The number of hydrogen-bond donors (Lipinski definition) is 1. The molecule has 2 aromatic carbocycles. The van der Waals surface area contributed by atoms with Crippen LogP contribution in [-0.4, -0.2) is 24.1 Å². The molecule has 3 rings (SSSR count). The first-order chi connectivity index (χ1) is 11.7. The summed E-state index contributed by atoms with van der Waals surface area (Å²) in [6.07, 6.45) is 1.98. The van der Waals surface area contributed by atoms with Crippen molar-refractivity contribution in [1.82, 2.24) is 4.90 Å². The number of urea groups is 1. The first-order valence-corrected chi connectivity index (χ1v) is 8.61. The minimum atomic E-state index is -0.0753. The fraction of sp³-hybridized carbons (Fsp3) is 0.316. The van der Waals surface area contributed by atoms with E-state index in [1.807, 2.05) is 48.2 Å². The third-order valence-electron chi connectivity index (χ3n) is 4.19. The number of amides is 2. The lowest BCUT2D eigenvalue weighted by Gasteiger charge is -2.25. The molecule has 24 heavy (non-hydrogen) atoms. The van der Waals surface area contributed by atoms with Crippen LogP contribution in [0.1, 0.15) is 31.4 Å². The Morgan fingerprint density at radius 2 is 1.92 bits per heavy atom. The fourth-order valence-corrected chi connectivity index (χ4v) is 3.16. The molecule has 0 aromatic heterocycles. The molecule has 1 heterocycles. The summed E-state index contributed by atoms with van der Waals surface area (Å²) in [5, 5.41) is 3.60. The Hall–Kier alpha value is -2.20. The van der Waals surface area contributed by atoms with Crippen LogP contribution in [0.25, 0.3) is 0 Å². The van der Waals surface area contributed by atoms with Crippen molar-refractivity contribution >= 4 is 23.3 Å². The fourth-order valence-electron chi connectivity index (χ4n) is 3.04. The Kier molecular flexibility index (Phi) is 5.26. The van der Waals surface area contributed by atoms with Crippen LogP contribution in [0.5, 0.6) is 5.75 Å². The maximum Gasteiger partial charge on any atom is 0.322 e. The van der Waals surface area contributed by atoms with Gasteiger partial charge in [-0.2, -0.15) is 0 Å². The maximum atomic E-state index is 12.6. The smallest absolute Gasteiger partial charge is 0.322 e. The van der Waals surface area contributed by atoms with Crippen molar-refractivity contribution < 1.29 is 9.53 Å². The molecule has 126 valence electrons. The average molecular weight is 345 g/mol. The molecule has 0 saturated carbocycles. The molecule has 5 heteroatoms. The Morgan fingerprint density at radius 1 is 1.21 bits per heavy atom. The molecule has 0 spiro atoms.